The Morgan fingerprint density at radius 3 is 2.95 bits per heavy atom. The van der Waals surface area contributed by atoms with Gasteiger partial charge in [0.15, 0.2) is 5.96 Å². The Morgan fingerprint density at radius 2 is 2.18 bits per heavy atom. The number of guanidine groups is 1. The number of ether oxygens (including phenoxy) is 1. The van der Waals surface area contributed by atoms with Crippen LogP contribution >= 0.6 is 0 Å². The molecule has 2 fully saturated rings. The molecule has 1 aromatic rings. The van der Waals surface area contributed by atoms with Gasteiger partial charge in [0.1, 0.15) is 0 Å². The van der Waals surface area contributed by atoms with E-state index in [1.54, 1.807) is 0 Å². The molecule has 22 heavy (non-hydrogen) atoms. The van der Waals surface area contributed by atoms with E-state index in [1.165, 1.54) is 12.1 Å². The quantitative estimate of drug-likeness (QED) is 0.640. The highest BCUT2D eigenvalue weighted by Gasteiger charge is 2.22. The van der Waals surface area contributed by atoms with E-state index >= 15 is 0 Å². The van der Waals surface area contributed by atoms with E-state index in [2.05, 4.69) is 45.5 Å². The van der Waals surface area contributed by atoms with E-state index in [0.717, 1.165) is 45.6 Å². The molecule has 120 valence electrons. The van der Waals surface area contributed by atoms with Gasteiger partial charge in [-0.2, -0.15) is 0 Å². The van der Waals surface area contributed by atoms with Crippen LogP contribution in [0.15, 0.2) is 35.3 Å². The summed E-state index contributed by atoms with van der Waals surface area (Å²) in [4.78, 5) is 6.92. The van der Waals surface area contributed by atoms with Crippen LogP contribution in [-0.2, 0) is 4.74 Å². The molecule has 3 rings (SSSR count). The molecule has 2 unspecified atom stereocenters. The van der Waals surface area contributed by atoms with Crippen LogP contribution in [0.3, 0.4) is 0 Å². The van der Waals surface area contributed by atoms with E-state index < -0.39 is 0 Å². The number of para-hydroxylation sites is 1. The van der Waals surface area contributed by atoms with Gasteiger partial charge in [0, 0.05) is 38.5 Å². The summed E-state index contributed by atoms with van der Waals surface area (Å²) in [6, 6.07) is 10.6. The zero-order chi connectivity index (χ0) is 15.2. The predicted molar refractivity (Wildman–Crippen MR) is 90.2 cm³/mol. The van der Waals surface area contributed by atoms with Crippen LogP contribution in [0.4, 0.5) is 5.69 Å². The highest BCUT2D eigenvalue weighted by molar-refractivity contribution is 5.77. The van der Waals surface area contributed by atoms with Crippen molar-refractivity contribution in [3.05, 3.63) is 30.3 Å². The third-order valence-electron chi connectivity index (χ3n) is 4.46. The van der Waals surface area contributed by atoms with Gasteiger partial charge < -0.3 is 20.7 Å². The summed E-state index contributed by atoms with van der Waals surface area (Å²) < 4.78 is 5.56. The normalized spacial score (nSPS) is 25.6. The molecule has 2 atom stereocenters. The minimum atomic E-state index is 0.300. The topological polar surface area (TPSA) is 62.9 Å². The van der Waals surface area contributed by atoms with E-state index in [0.29, 0.717) is 18.0 Å². The summed E-state index contributed by atoms with van der Waals surface area (Å²) in [5.41, 5.74) is 7.25. The van der Waals surface area contributed by atoms with Crippen LogP contribution in [-0.4, -0.2) is 44.8 Å². The SMILES string of the molecule is NC(=NCC1CCN(c2ccccc2)C1)NCC1CCCO1. The zero-order valence-corrected chi connectivity index (χ0v) is 13.1. The molecule has 5 nitrogen and oxygen atoms in total. The van der Waals surface area contributed by atoms with Gasteiger partial charge in [-0.1, -0.05) is 18.2 Å². The molecule has 2 heterocycles. The van der Waals surface area contributed by atoms with Crippen LogP contribution in [0, 0.1) is 5.92 Å². The second-order valence-corrected chi connectivity index (χ2v) is 6.18. The van der Waals surface area contributed by atoms with Crippen LogP contribution in [0.1, 0.15) is 19.3 Å². The molecule has 0 aromatic heterocycles. The molecule has 0 aliphatic carbocycles. The molecule has 0 radical (unpaired) electrons. The molecule has 0 bridgehead atoms. The molecule has 2 aliphatic rings. The number of anilines is 1. The van der Waals surface area contributed by atoms with E-state index in [1.807, 2.05) is 0 Å². The lowest BCUT2D eigenvalue weighted by atomic mass is 10.1. The van der Waals surface area contributed by atoms with Crippen molar-refractivity contribution in [3.63, 3.8) is 0 Å². The molecular formula is C17H26N4O. The number of benzene rings is 1. The number of hydrogen-bond donors (Lipinski definition) is 2. The second-order valence-electron chi connectivity index (χ2n) is 6.18. The molecule has 2 aliphatic heterocycles. The highest BCUT2D eigenvalue weighted by Crippen LogP contribution is 2.23. The Balaban J connectivity index is 1.41. The third kappa shape index (κ3) is 4.13. The molecule has 0 spiro atoms. The monoisotopic (exact) mass is 302 g/mol. The molecule has 1 aromatic carbocycles. The zero-order valence-electron chi connectivity index (χ0n) is 13.1. The van der Waals surface area contributed by atoms with Crippen molar-refractivity contribution in [1.82, 2.24) is 5.32 Å². The Labute approximate surface area is 132 Å². The Kier molecular flexibility index (Phi) is 5.16. The van der Waals surface area contributed by atoms with Crippen LogP contribution < -0.4 is 16.0 Å². The molecule has 3 N–H and O–H groups in total. The lowest BCUT2D eigenvalue weighted by molar-refractivity contribution is 0.114. The lowest BCUT2D eigenvalue weighted by Gasteiger charge is -2.18. The van der Waals surface area contributed by atoms with Crippen LogP contribution in [0.25, 0.3) is 0 Å². The van der Waals surface area contributed by atoms with Crippen molar-refractivity contribution in [1.29, 1.82) is 0 Å². The number of nitrogens with zero attached hydrogens (tertiary/aromatic N) is 2. The maximum atomic E-state index is 5.95. The Morgan fingerprint density at radius 1 is 1.32 bits per heavy atom. The number of nitrogens with two attached hydrogens (primary N) is 1. The molecule has 0 amide bonds. The lowest BCUT2D eigenvalue weighted by Crippen LogP contribution is -2.37. The average molecular weight is 302 g/mol. The van der Waals surface area contributed by atoms with E-state index in [4.69, 9.17) is 10.5 Å². The minimum Gasteiger partial charge on any atom is -0.376 e. The smallest absolute Gasteiger partial charge is 0.188 e. The number of rotatable bonds is 5. The molecule has 0 saturated carbocycles. The fraction of sp³-hybridized carbons (Fsp3) is 0.588. The predicted octanol–water partition coefficient (Wildman–Crippen LogP) is 1.60. The Bertz CT molecular complexity index is 485. The third-order valence-corrected chi connectivity index (χ3v) is 4.46. The van der Waals surface area contributed by atoms with Crippen molar-refractivity contribution in [2.24, 2.45) is 16.6 Å². The summed E-state index contributed by atoms with van der Waals surface area (Å²) >= 11 is 0. The highest BCUT2D eigenvalue weighted by atomic mass is 16.5. The molecular weight excluding hydrogens is 276 g/mol. The van der Waals surface area contributed by atoms with Crippen molar-refractivity contribution in [2.75, 3.05) is 37.7 Å². The van der Waals surface area contributed by atoms with Crippen LogP contribution in [0.5, 0.6) is 0 Å². The van der Waals surface area contributed by atoms with Gasteiger partial charge in [0.05, 0.1) is 6.10 Å². The summed E-state index contributed by atoms with van der Waals surface area (Å²) in [5.74, 6) is 1.14. The summed E-state index contributed by atoms with van der Waals surface area (Å²) in [7, 11) is 0. The standard InChI is InChI=1S/C17H26N4O/c18-17(20-12-16-7-4-10-22-16)19-11-14-8-9-21(13-14)15-5-2-1-3-6-15/h1-3,5-6,14,16H,4,7-13H2,(H3,18,19,20). The van der Waals surface area contributed by atoms with Gasteiger partial charge in [0.25, 0.3) is 0 Å². The fourth-order valence-electron chi connectivity index (χ4n) is 3.16. The van der Waals surface area contributed by atoms with Crippen molar-refractivity contribution in [3.8, 4) is 0 Å². The summed E-state index contributed by atoms with van der Waals surface area (Å²) in [5, 5.41) is 3.18. The van der Waals surface area contributed by atoms with Crippen molar-refractivity contribution in [2.45, 2.75) is 25.4 Å². The minimum absolute atomic E-state index is 0.300. The Hall–Kier alpha value is -1.75. The van der Waals surface area contributed by atoms with Gasteiger partial charge in [-0.05, 0) is 37.3 Å². The maximum absolute atomic E-state index is 5.95. The first-order valence-electron chi connectivity index (χ1n) is 8.26. The average Bonchev–Trinajstić information content (AvgIpc) is 3.23. The van der Waals surface area contributed by atoms with Gasteiger partial charge in [0.2, 0.25) is 0 Å². The molecule has 2 saturated heterocycles. The summed E-state index contributed by atoms with van der Waals surface area (Å²) in [6.07, 6.45) is 3.75. The fourth-order valence-corrected chi connectivity index (χ4v) is 3.16. The molecule has 5 heteroatoms. The largest absolute Gasteiger partial charge is 0.376 e. The summed E-state index contributed by atoms with van der Waals surface area (Å²) in [6.45, 7) is 4.62. The van der Waals surface area contributed by atoms with Gasteiger partial charge in [-0.25, -0.2) is 0 Å². The maximum Gasteiger partial charge on any atom is 0.188 e. The van der Waals surface area contributed by atoms with Crippen molar-refractivity contribution < 1.29 is 4.74 Å². The first-order chi connectivity index (χ1) is 10.8. The number of aliphatic imine (C=N–C) groups is 1. The van der Waals surface area contributed by atoms with Crippen molar-refractivity contribution >= 4 is 11.6 Å². The number of nitrogens with one attached hydrogen (secondary N) is 1. The second kappa shape index (κ2) is 7.49. The van der Waals surface area contributed by atoms with E-state index in [9.17, 15) is 0 Å². The van der Waals surface area contributed by atoms with Gasteiger partial charge in [-0.15, -0.1) is 0 Å². The van der Waals surface area contributed by atoms with Gasteiger partial charge in [-0.3, -0.25) is 4.99 Å². The van der Waals surface area contributed by atoms with E-state index in [-0.39, 0.29) is 0 Å². The van der Waals surface area contributed by atoms with Gasteiger partial charge >= 0.3 is 0 Å². The van der Waals surface area contributed by atoms with Crippen LogP contribution in [0.2, 0.25) is 0 Å². The number of hydrogen-bond acceptors (Lipinski definition) is 3. The first-order valence-corrected chi connectivity index (χ1v) is 8.26. The first kappa shape index (κ1) is 15.2.